The van der Waals surface area contributed by atoms with Gasteiger partial charge >= 0.3 is 0 Å². The normalized spacial score (nSPS) is 10.8. The fourth-order valence-electron chi connectivity index (χ4n) is 2.96. The van der Waals surface area contributed by atoms with E-state index in [1.165, 1.54) is 5.01 Å². The Morgan fingerprint density at radius 2 is 1.90 bits per heavy atom. The van der Waals surface area contributed by atoms with E-state index in [9.17, 15) is 4.79 Å². The summed E-state index contributed by atoms with van der Waals surface area (Å²) in [6.45, 7) is 6.29. The molecule has 0 aliphatic heterocycles. The molecular formula is C22H24N4O2S. The average Bonchev–Trinajstić information content (AvgIpc) is 2.70. The molecule has 3 rings (SSSR count). The number of pyridine rings is 1. The summed E-state index contributed by atoms with van der Waals surface area (Å²) in [6.07, 6.45) is 0.102. The first kappa shape index (κ1) is 20.5. The van der Waals surface area contributed by atoms with Crippen molar-refractivity contribution in [1.29, 1.82) is 0 Å². The number of ether oxygens (including phenoxy) is 1. The van der Waals surface area contributed by atoms with E-state index >= 15 is 0 Å². The summed E-state index contributed by atoms with van der Waals surface area (Å²) in [4.78, 5) is 17.7. The smallest absolute Gasteiger partial charge is 0.270 e. The van der Waals surface area contributed by atoms with E-state index in [2.05, 4.69) is 5.43 Å². The molecule has 0 unspecified atom stereocenters. The van der Waals surface area contributed by atoms with Gasteiger partial charge in [-0.05, 0) is 69.4 Å². The number of carbonyl (C=O) groups excluding carboxylic acids is 1. The number of para-hydroxylation sites is 1. The zero-order chi connectivity index (χ0) is 21.0. The van der Waals surface area contributed by atoms with Crippen LogP contribution in [0, 0.1) is 0 Å². The second-order valence-electron chi connectivity index (χ2n) is 6.79. The van der Waals surface area contributed by atoms with Crippen molar-refractivity contribution in [3.8, 4) is 17.0 Å². The summed E-state index contributed by atoms with van der Waals surface area (Å²) < 4.78 is 5.70. The van der Waals surface area contributed by atoms with Gasteiger partial charge in [0.2, 0.25) is 0 Å². The third kappa shape index (κ3) is 4.81. The van der Waals surface area contributed by atoms with Crippen LogP contribution in [-0.2, 0) is 0 Å². The minimum Gasteiger partial charge on any atom is -0.491 e. The molecule has 150 valence electrons. The largest absolute Gasteiger partial charge is 0.491 e. The summed E-state index contributed by atoms with van der Waals surface area (Å²) >= 11 is 4.99. The Morgan fingerprint density at radius 1 is 1.21 bits per heavy atom. The van der Waals surface area contributed by atoms with Crippen molar-refractivity contribution in [1.82, 2.24) is 15.4 Å². The number of nitrogens with one attached hydrogen (secondary N) is 1. The molecule has 3 aromatic rings. The highest BCUT2D eigenvalue weighted by Crippen LogP contribution is 2.26. The van der Waals surface area contributed by atoms with Gasteiger partial charge in [-0.3, -0.25) is 15.2 Å². The van der Waals surface area contributed by atoms with E-state index in [-0.39, 0.29) is 17.1 Å². The van der Waals surface area contributed by atoms with Crippen LogP contribution in [0.5, 0.6) is 5.75 Å². The third-order valence-electron chi connectivity index (χ3n) is 4.30. The Morgan fingerprint density at radius 3 is 2.52 bits per heavy atom. The van der Waals surface area contributed by atoms with E-state index in [1.807, 2.05) is 69.3 Å². The quantitative estimate of drug-likeness (QED) is 0.492. The molecule has 0 aliphatic carbocycles. The van der Waals surface area contributed by atoms with Crippen LogP contribution in [0.3, 0.4) is 0 Å². The summed E-state index contributed by atoms with van der Waals surface area (Å²) in [5.74, 6) is 0.497. The van der Waals surface area contributed by atoms with Gasteiger partial charge in [-0.2, -0.15) is 0 Å². The molecule has 0 bridgehead atoms. The minimum atomic E-state index is -0.292. The van der Waals surface area contributed by atoms with Crippen molar-refractivity contribution >= 4 is 34.1 Å². The molecule has 1 heterocycles. The lowest BCUT2D eigenvalue weighted by molar-refractivity contribution is 0.0876. The molecule has 0 atom stereocenters. The molecule has 7 heteroatoms. The minimum absolute atomic E-state index is 0.102. The Kier molecular flexibility index (Phi) is 6.29. The number of fused-ring (bicyclic) bond motifs is 1. The molecule has 0 saturated heterocycles. The zero-order valence-electron chi connectivity index (χ0n) is 16.7. The molecule has 0 saturated carbocycles. The van der Waals surface area contributed by atoms with Gasteiger partial charge in [-0.25, -0.2) is 4.98 Å². The van der Waals surface area contributed by atoms with Gasteiger partial charge in [0.05, 0.1) is 22.9 Å². The van der Waals surface area contributed by atoms with Crippen LogP contribution in [0.4, 0.5) is 0 Å². The lowest BCUT2D eigenvalue weighted by Crippen LogP contribution is -2.48. The maximum atomic E-state index is 13.0. The highest BCUT2D eigenvalue weighted by atomic mass is 32.1. The highest BCUT2D eigenvalue weighted by Gasteiger charge is 2.16. The Bertz CT molecular complexity index is 1030. The highest BCUT2D eigenvalue weighted by molar-refractivity contribution is 7.80. The van der Waals surface area contributed by atoms with Crippen LogP contribution < -0.4 is 15.9 Å². The van der Waals surface area contributed by atoms with E-state index in [0.29, 0.717) is 17.8 Å². The third-order valence-corrected chi connectivity index (χ3v) is 4.52. The molecule has 0 radical (unpaired) electrons. The maximum absolute atomic E-state index is 13.0. The second-order valence-corrected chi connectivity index (χ2v) is 7.20. The van der Waals surface area contributed by atoms with Gasteiger partial charge in [0.25, 0.3) is 5.91 Å². The van der Waals surface area contributed by atoms with Gasteiger partial charge in [-0.15, -0.1) is 0 Å². The number of nitrogens with zero attached hydrogens (tertiary/aromatic N) is 2. The Balaban J connectivity index is 2.02. The number of carbonyl (C=O) groups is 1. The molecule has 3 N–H and O–H groups in total. The predicted molar refractivity (Wildman–Crippen MR) is 120 cm³/mol. The first-order valence-electron chi connectivity index (χ1n) is 9.44. The van der Waals surface area contributed by atoms with E-state index in [0.717, 1.165) is 22.2 Å². The van der Waals surface area contributed by atoms with Crippen molar-refractivity contribution in [3.63, 3.8) is 0 Å². The summed E-state index contributed by atoms with van der Waals surface area (Å²) in [5.41, 5.74) is 11.3. The molecule has 1 aromatic heterocycles. The number of nitrogens with two attached hydrogens (primary N) is 1. The number of benzene rings is 2. The van der Waals surface area contributed by atoms with Gasteiger partial charge < -0.3 is 10.5 Å². The molecule has 6 nitrogen and oxygen atoms in total. The van der Waals surface area contributed by atoms with E-state index in [1.54, 1.807) is 6.07 Å². The molecule has 0 spiro atoms. The number of amides is 1. The molecule has 1 amide bonds. The molecule has 0 aliphatic rings. The first-order chi connectivity index (χ1) is 13.9. The number of hydrogen-bond donors (Lipinski definition) is 2. The van der Waals surface area contributed by atoms with Gasteiger partial charge in [-0.1, -0.05) is 18.2 Å². The number of aromatic nitrogens is 1. The summed E-state index contributed by atoms with van der Waals surface area (Å²) in [7, 11) is 0. The van der Waals surface area contributed by atoms with Crippen LogP contribution in [0.15, 0.2) is 54.6 Å². The van der Waals surface area contributed by atoms with Gasteiger partial charge in [0.1, 0.15) is 5.75 Å². The van der Waals surface area contributed by atoms with Crippen molar-refractivity contribution in [2.75, 3.05) is 6.54 Å². The van der Waals surface area contributed by atoms with Crippen molar-refractivity contribution in [3.05, 3.63) is 60.2 Å². The maximum Gasteiger partial charge on any atom is 0.270 e. The fourth-order valence-corrected chi connectivity index (χ4v) is 3.14. The van der Waals surface area contributed by atoms with Gasteiger partial charge in [0.15, 0.2) is 5.11 Å². The number of hydrazine groups is 1. The van der Waals surface area contributed by atoms with E-state index < -0.39 is 0 Å². The Hall–Kier alpha value is -3.19. The number of thiocarbonyl (C=S) groups is 1. The monoisotopic (exact) mass is 408 g/mol. The topological polar surface area (TPSA) is 80.5 Å². The van der Waals surface area contributed by atoms with Crippen LogP contribution >= 0.6 is 12.2 Å². The molecular weight excluding hydrogens is 384 g/mol. The van der Waals surface area contributed by atoms with Crippen LogP contribution in [0.2, 0.25) is 0 Å². The SMILES string of the molecule is CCN(NC(=O)c1cc(-c2ccc(OC(C)C)cc2)nc2ccccc12)C(N)=S. The fraction of sp³-hybridized carbons (Fsp3) is 0.227. The van der Waals surface area contributed by atoms with Crippen LogP contribution in [0.25, 0.3) is 22.2 Å². The number of rotatable bonds is 5. The summed E-state index contributed by atoms with van der Waals surface area (Å²) in [5, 5.41) is 2.30. The van der Waals surface area contributed by atoms with Gasteiger partial charge in [0, 0.05) is 17.5 Å². The van der Waals surface area contributed by atoms with Crippen molar-refractivity contribution < 1.29 is 9.53 Å². The standard InChI is InChI=1S/C22H24N4O2S/c1-4-26(22(23)29)25-21(27)18-13-20(24-19-8-6-5-7-17(18)19)15-9-11-16(12-10-15)28-14(2)3/h5-14H,4H2,1-3H3,(H2,23,29)(H,25,27). The van der Waals surface area contributed by atoms with E-state index in [4.69, 9.17) is 27.7 Å². The lowest BCUT2D eigenvalue weighted by atomic mass is 10.0. The average molecular weight is 409 g/mol. The summed E-state index contributed by atoms with van der Waals surface area (Å²) in [6, 6.07) is 17.0. The zero-order valence-corrected chi connectivity index (χ0v) is 17.5. The lowest BCUT2D eigenvalue weighted by Gasteiger charge is -2.22. The first-order valence-corrected chi connectivity index (χ1v) is 9.84. The molecule has 2 aromatic carbocycles. The predicted octanol–water partition coefficient (Wildman–Crippen LogP) is 3.90. The van der Waals surface area contributed by atoms with Crippen LogP contribution in [-0.4, -0.2) is 33.7 Å². The van der Waals surface area contributed by atoms with Crippen LogP contribution in [0.1, 0.15) is 31.1 Å². The molecule has 29 heavy (non-hydrogen) atoms. The Labute approximate surface area is 175 Å². The molecule has 0 fully saturated rings. The second kappa shape index (κ2) is 8.87. The van der Waals surface area contributed by atoms with Crippen molar-refractivity contribution in [2.24, 2.45) is 5.73 Å². The van der Waals surface area contributed by atoms with Crippen molar-refractivity contribution in [2.45, 2.75) is 26.9 Å². The number of hydrogen-bond acceptors (Lipinski definition) is 4.